The molecule has 3 aliphatic rings. The first-order valence-corrected chi connectivity index (χ1v) is 20.8. The molecule has 0 heterocycles. The summed E-state index contributed by atoms with van der Waals surface area (Å²) in [6.45, 7) is 12.2. The topological polar surface area (TPSA) is 26.3 Å². The second kappa shape index (κ2) is 22.6. The molecule has 2 fully saturated rings. The highest BCUT2D eigenvalue weighted by Crippen LogP contribution is 2.62. The SMILES string of the molecule is CCCCCC=CCCCCCCCCCCC(=O)OC1CC=CCC2C(CCC3(C)C(CCCCC(C)C)CCC23)C(C)CC1. The number of hydrogen-bond acceptors (Lipinski definition) is 2. The fourth-order valence-electron chi connectivity index (χ4n) is 9.86. The minimum Gasteiger partial charge on any atom is -0.462 e. The van der Waals surface area contributed by atoms with E-state index >= 15 is 0 Å². The summed E-state index contributed by atoms with van der Waals surface area (Å²) < 4.78 is 6.09. The average Bonchev–Trinajstić information content (AvgIpc) is 3.37. The second-order valence-electron chi connectivity index (χ2n) is 16.9. The molecule has 2 nitrogen and oxygen atoms in total. The number of carbonyl (C=O) groups excluding carboxylic acids is 1. The molecule has 0 bridgehead atoms. The number of rotatable bonds is 21. The van der Waals surface area contributed by atoms with Crippen molar-refractivity contribution in [2.45, 2.75) is 208 Å². The fourth-order valence-corrected chi connectivity index (χ4v) is 9.86. The molecule has 2 saturated carbocycles. The Labute approximate surface area is 287 Å². The van der Waals surface area contributed by atoms with Crippen LogP contribution in [0.3, 0.4) is 0 Å². The third-order valence-electron chi connectivity index (χ3n) is 12.9. The maximum absolute atomic E-state index is 12.8. The number of esters is 1. The maximum atomic E-state index is 12.8. The van der Waals surface area contributed by atoms with E-state index in [0.29, 0.717) is 11.8 Å². The summed E-state index contributed by atoms with van der Waals surface area (Å²) in [5.41, 5.74) is 0.569. The maximum Gasteiger partial charge on any atom is 0.306 e. The van der Waals surface area contributed by atoms with Crippen LogP contribution in [-0.4, -0.2) is 12.1 Å². The summed E-state index contributed by atoms with van der Waals surface area (Å²) in [5, 5.41) is 0. The Morgan fingerprint density at radius 1 is 0.783 bits per heavy atom. The highest BCUT2D eigenvalue weighted by Gasteiger charge is 2.53. The van der Waals surface area contributed by atoms with Gasteiger partial charge in [-0.2, -0.15) is 0 Å². The third-order valence-corrected chi connectivity index (χ3v) is 12.9. The Kier molecular flexibility index (Phi) is 19.3. The summed E-state index contributed by atoms with van der Waals surface area (Å²) >= 11 is 0. The smallest absolute Gasteiger partial charge is 0.306 e. The molecule has 0 aromatic heterocycles. The zero-order valence-corrected chi connectivity index (χ0v) is 31.6. The lowest BCUT2D eigenvalue weighted by atomic mass is 9.54. The molecule has 7 atom stereocenters. The van der Waals surface area contributed by atoms with E-state index in [0.717, 1.165) is 54.8 Å². The van der Waals surface area contributed by atoms with Gasteiger partial charge in [-0.1, -0.05) is 130 Å². The molecule has 266 valence electrons. The van der Waals surface area contributed by atoms with Gasteiger partial charge in [0.05, 0.1) is 0 Å². The minimum absolute atomic E-state index is 0.0440. The van der Waals surface area contributed by atoms with E-state index in [9.17, 15) is 4.79 Å². The zero-order chi connectivity index (χ0) is 33.0. The van der Waals surface area contributed by atoms with Gasteiger partial charge in [-0.05, 0) is 124 Å². The van der Waals surface area contributed by atoms with Gasteiger partial charge in [-0.3, -0.25) is 4.79 Å². The van der Waals surface area contributed by atoms with Gasteiger partial charge >= 0.3 is 5.97 Å². The van der Waals surface area contributed by atoms with E-state index in [1.165, 1.54) is 141 Å². The van der Waals surface area contributed by atoms with Gasteiger partial charge in [0.1, 0.15) is 6.10 Å². The number of ether oxygens (including phenoxy) is 1. The first-order chi connectivity index (χ1) is 22.3. The van der Waals surface area contributed by atoms with Crippen molar-refractivity contribution in [1.82, 2.24) is 0 Å². The average molecular weight is 639 g/mol. The van der Waals surface area contributed by atoms with E-state index in [2.05, 4.69) is 58.9 Å². The van der Waals surface area contributed by atoms with Gasteiger partial charge in [0.25, 0.3) is 0 Å². The molecule has 0 N–H and O–H groups in total. The van der Waals surface area contributed by atoms with Crippen LogP contribution in [0.4, 0.5) is 0 Å². The lowest BCUT2D eigenvalue weighted by Gasteiger charge is -2.51. The standard InChI is InChI=1S/C44H78O2/c1-6-7-8-9-10-11-12-13-14-15-16-17-18-19-20-29-43(45)46-39-27-23-24-28-41-40(37(4)30-32-39)34-35-44(5)38(31-33-42(41)44)26-22-21-25-36(2)3/h10-11,23-24,36-42H,6-9,12-22,25-35H2,1-5H3. The second-order valence-corrected chi connectivity index (χ2v) is 16.9. The monoisotopic (exact) mass is 639 g/mol. The number of fused-ring (bicyclic) bond motifs is 3. The Hall–Kier alpha value is -1.05. The first kappa shape index (κ1) is 39.4. The van der Waals surface area contributed by atoms with Crippen molar-refractivity contribution < 1.29 is 9.53 Å². The summed E-state index contributed by atoms with van der Waals surface area (Å²) in [7, 11) is 0. The summed E-state index contributed by atoms with van der Waals surface area (Å²) in [6, 6.07) is 0. The Bertz CT molecular complexity index is 856. The number of carbonyl (C=O) groups is 1. The molecule has 0 aromatic rings. The van der Waals surface area contributed by atoms with Gasteiger partial charge in [0, 0.05) is 12.8 Å². The highest BCUT2D eigenvalue weighted by molar-refractivity contribution is 5.69. The molecule has 2 heteroatoms. The number of unbranched alkanes of at least 4 members (excludes halogenated alkanes) is 12. The molecular weight excluding hydrogens is 560 g/mol. The number of hydrogen-bond donors (Lipinski definition) is 0. The van der Waals surface area contributed by atoms with Crippen LogP contribution >= 0.6 is 0 Å². The van der Waals surface area contributed by atoms with Crippen molar-refractivity contribution in [1.29, 1.82) is 0 Å². The quantitative estimate of drug-likeness (QED) is 0.0710. The van der Waals surface area contributed by atoms with Crippen molar-refractivity contribution in [2.24, 2.45) is 40.9 Å². The van der Waals surface area contributed by atoms with Crippen LogP contribution in [-0.2, 0) is 9.53 Å². The molecule has 3 rings (SSSR count). The molecule has 0 aromatic carbocycles. The molecule has 0 saturated heterocycles. The van der Waals surface area contributed by atoms with Gasteiger partial charge < -0.3 is 4.74 Å². The fraction of sp³-hybridized carbons (Fsp3) is 0.886. The van der Waals surface area contributed by atoms with Crippen molar-refractivity contribution >= 4 is 5.97 Å². The van der Waals surface area contributed by atoms with Crippen molar-refractivity contribution in [3.63, 3.8) is 0 Å². The summed E-state index contributed by atoms with van der Waals surface area (Å²) in [4.78, 5) is 12.8. The van der Waals surface area contributed by atoms with Crippen molar-refractivity contribution in [3.05, 3.63) is 24.3 Å². The summed E-state index contributed by atoms with van der Waals surface area (Å²) in [6.07, 6.45) is 42.9. The van der Waals surface area contributed by atoms with Gasteiger partial charge in [0.15, 0.2) is 0 Å². The third kappa shape index (κ3) is 13.8. The highest BCUT2D eigenvalue weighted by atomic mass is 16.5. The van der Waals surface area contributed by atoms with E-state index in [1.807, 2.05) is 0 Å². The molecule has 0 amide bonds. The van der Waals surface area contributed by atoms with Crippen LogP contribution in [0.25, 0.3) is 0 Å². The predicted octanol–water partition coefficient (Wildman–Crippen LogP) is 14.0. The molecule has 7 unspecified atom stereocenters. The van der Waals surface area contributed by atoms with Gasteiger partial charge in [-0.15, -0.1) is 0 Å². The zero-order valence-electron chi connectivity index (χ0n) is 31.6. The van der Waals surface area contributed by atoms with Crippen LogP contribution in [0, 0.1) is 40.9 Å². The molecule has 0 spiro atoms. The lowest BCUT2D eigenvalue weighted by molar-refractivity contribution is -0.149. The van der Waals surface area contributed by atoms with Gasteiger partial charge in [-0.25, -0.2) is 0 Å². The Morgan fingerprint density at radius 2 is 1.46 bits per heavy atom. The first-order valence-electron chi connectivity index (χ1n) is 20.8. The van der Waals surface area contributed by atoms with E-state index < -0.39 is 0 Å². The van der Waals surface area contributed by atoms with Crippen LogP contribution in [0.1, 0.15) is 202 Å². The summed E-state index contributed by atoms with van der Waals surface area (Å²) in [5.74, 6) is 5.18. The number of allylic oxidation sites excluding steroid dienone is 3. The normalized spacial score (nSPS) is 30.0. The van der Waals surface area contributed by atoms with Crippen molar-refractivity contribution in [3.8, 4) is 0 Å². The molecule has 3 aliphatic carbocycles. The molecule has 0 aliphatic heterocycles. The largest absolute Gasteiger partial charge is 0.462 e. The van der Waals surface area contributed by atoms with E-state index in [4.69, 9.17) is 4.74 Å². The lowest BCUT2D eigenvalue weighted by Crippen LogP contribution is -2.43. The molecule has 46 heavy (non-hydrogen) atoms. The minimum atomic E-state index is 0.0440. The van der Waals surface area contributed by atoms with Gasteiger partial charge in [0.2, 0.25) is 0 Å². The predicted molar refractivity (Wildman–Crippen MR) is 200 cm³/mol. The Balaban J connectivity index is 1.30. The molecule has 0 radical (unpaired) electrons. The van der Waals surface area contributed by atoms with Crippen LogP contribution in [0.5, 0.6) is 0 Å². The van der Waals surface area contributed by atoms with Crippen LogP contribution < -0.4 is 0 Å². The van der Waals surface area contributed by atoms with Crippen molar-refractivity contribution in [2.75, 3.05) is 0 Å². The van der Waals surface area contributed by atoms with E-state index in [-0.39, 0.29) is 12.1 Å². The molecular formula is C44H78O2. The van der Waals surface area contributed by atoms with Crippen LogP contribution in [0.15, 0.2) is 24.3 Å². The van der Waals surface area contributed by atoms with Crippen LogP contribution in [0.2, 0.25) is 0 Å². The Morgan fingerprint density at radius 3 is 2.17 bits per heavy atom. The van der Waals surface area contributed by atoms with E-state index in [1.54, 1.807) is 0 Å².